The summed E-state index contributed by atoms with van der Waals surface area (Å²) in [6.07, 6.45) is 0.837. The van der Waals surface area contributed by atoms with Gasteiger partial charge in [0.25, 0.3) is 0 Å². The Balaban J connectivity index is 1.72. The van der Waals surface area contributed by atoms with Gasteiger partial charge in [-0.15, -0.1) is 0 Å². The van der Waals surface area contributed by atoms with Crippen LogP contribution in [0, 0.1) is 0 Å². The second-order valence-corrected chi connectivity index (χ2v) is 6.35. The standard InChI is InChI=1S/C22H19ClO3/c1-25-20-10-7-17(8-11-20)14-22(24)26-21-12-9-19(23)15-18(21)13-16-5-3-2-4-6-16/h2-12,15H,13-14H2,1H3. The van der Waals surface area contributed by atoms with E-state index in [0.717, 1.165) is 22.4 Å². The number of ether oxygens (including phenoxy) is 2. The molecule has 0 saturated carbocycles. The summed E-state index contributed by atoms with van der Waals surface area (Å²) in [6.45, 7) is 0. The van der Waals surface area contributed by atoms with Gasteiger partial charge in [-0.2, -0.15) is 0 Å². The summed E-state index contributed by atoms with van der Waals surface area (Å²) in [5.41, 5.74) is 2.88. The summed E-state index contributed by atoms with van der Waals surface area (Å²) < 4.78 is 10.7. The average Bonchev–Trinajstić information content (AvgIpc) is 2.65. The molecule has 0 aliphatic carbocycles. The van der Waals surface area contributed by atoms with Gasteiger partial charge in [-0.05, 0) is 41.5 Å². The topological polar surface area (TPSA) is 35.5 Å². The molecule has 0 N–H and O–H groups in total. The first kappa shape index (κ1) is 18.0. The Labute approximate surface area is 158 Å². The van der Waals surface area contributed by atoms with Gasteiger partial charge in [-0.3, -0.25) is 4.79 Å². The summed E-state index contributed by atoms with van der Waals surface area (Å²) in [5.74, 6) is 0.980. The second kappa shape index (κ2) is 8.54. The number of esters is 1. The van der Waals surface area contributed by atoms with E-state index in [0.29, 0.717) is 17.2 Å². The molecule has 0 spiro atoms. The molecule has 0 radical (unpaired) electrons. The lowest BCUT2D eigenvalue weighted by Gasteiger charge is -2.11. The van der Waals surface area contributed by atoms with Crippen molar-refractivity contribution in [1.82, 2.24) is 0 Å². The lowest BCUT2D eigenvalue weighted by atomic mass is 10.0. The Morgan fingerprint density at radius 3 is 2.35 bits per heavy atom. The number of methoxy groups -OCH3 is 1. The van der Waals surface area contributed by atoms with Gasteiger partial charge in [0, 0.05) is 17.0 Å². The second-order valence-electron chi connectivity index (χ2n) is 5.91. The smallest absolute Gasteiger partial charge is 0.315 e. The van der Waals surface area contributed by atoms with Gasteiger partial charge < -0.3 is 9.47 Å². The SMILES string of the molecule is COc1ccc(CC(=O)Oc2ccc(Cl)cc2Cc2ccccc2)cc1. The molecule has 3 rings (SSSR count). The summed E-state index contributed by atoms with van der Waals surface area (Å²) in [5, 5.41) is 0.617. The molecule has 0 amide bonds. The van der Waals surface area contributed by atoms with E-state index in [4.69, 9.17) is 21.1 Å². The van der Waals surface area contributed by atoms with Crippen molar-refractivity contribution in [2.45, 2.75) is 12.8 Å². The van der Waals surface area contributed by atoms with Gasteiger partial charge in [0.1, 0.15) is 11.5 Å². The van der Waals surface area contributed by atoms with Crippen LogP contribution in [-0.4, -0.2) is 13.1 Å². The summed E-state index contributed by atoms with van der Waals surface area (Å²) >= 11 is 6.13. The first-order valence-electron chi connectivity index (χ1n) is 8.30. The van der Waals surface area contributed by atoms with Crippen LogP contribution >= 0.6 is 11.6 Å². The fourth-order valence-electron chi connectivity index (χ4n) is 2.67. The number of rotatable bonds is 6. The summed E-state index contributed by atoms with van der Waals surface area (Å²) in [7, 11) is 1.61. The van der Waals surface area contributed by atoms with Crippen LogP contribution < -0.4 is 9.47 Å². The van der Waals surface area contributed by atoms with Gasteiger partial charge in [0.2, 0.25) is 0 Å². The fourth-order valence-corrected chi connectivity index (χ4v) is 2.86. The third-order valence-electron chi connectivity index (χ3n) is 3.99. The maximum absolute atomic E-state index is 12.3. The van der Waals surface area contributed by atoms with Crippen molar-refractivity contribution in [1.29, 1.82) is 0 Å². The number of benzene rings is 3. The molecule has 3 nitrogen and oxygen atoms in total. The van der Waals surface area contributed by atoms with Crippen molar-refractivity contribution in [3.63, 3.8) is 0 Å². The van der Waals surface area contributed by atoms with Crippen molar-refractivity contribution in [2.75, 3.05) is 7.11 Å². The number of halogens is 1. The van der Waals surface area contributed by atoms with Gasteiger partial charge in [0.05, 0.1) is 13.5 Å². The van der Waals surface area contributed by atoms with E-state index >= 15 is 0 Å². The lowest BCUT2D eigenvalue weighted by molar-refractivity contribution is -0.133. The minimum atomic E-state index is -0.313. The maximum Gasteiger partial charge on any atom is 0.315 e. The van der Waals surface area contributed by atoms with E-state index in [1.807, 2.05) is 60.7 Å². The third kappa shape index (κ3) is 4.87. The van der Waals surface area contributed by atoms with Crippen molar-refractivity contribution < 1.29 is 14.3 Å². The normalized spacial score (nSPS) is 10.4. The van der Waals surface area contributed by atoms with Gasteiger partial charge in [-0.1, -0.05) is 54.1 Å². The Morgan fingerprint density at radius 2 is 1.65 bits per heavy atom. The van der Waals surface area contributed by atoms with Crippen LogP contribution in [0.1, 0.15) is 16.7 Å². The molecule has 0 saturated heterocycles. The van der Waals surface area contributed by atoms with Gasteiger partial charge in [-0.25, -0.2) is 0 Å². The molecule has 3 aromatic rings. The molecule has 26 heavy (non-hydrogen) atoms. The summed E-state index contributed by atoms with van der Waals surface area (Å²) in [4.78, 5) is 12.3. The quantitative estimate of drug-likeness (QED) is 0.450. The number of hydrogen-bond donors (Lipinski definition) is 0. The number of hydrogen-bond acceptors (Lipinski definition) is 3. The van der Waals surface area contributed by atoms with Crippen LogP contribution in [-0.2, 0) is 17.6 Å². The van der Waals surface area contributed by atoms with E-state index in [2.05, 4.69) is 0 Å². The van der Waals surface area contributed by atoms with Gasteiger partial charge in [0.15, 0.2) is 0 Å². The highest BCUT2D eigenvalue weighted by molar-refractivity contribution is 6.30. The van der Waals surface area contributed by atoms with Crippen LogP contribution in [0.25, 0.3) is 0 Å². The maximum atomic E-state index is 12.3. The van der Waals surface area contributed by atoms with Crippen molar-refractivity contribution in [2.24, 2.45) is 0 Å². The molecule has 0 bridgehead atoms. The van der Waals surface area contributed by atoms with E-state index in [1.54, 1.807) is 19.2 Å². The zero-order chi connectivity index (χ0) is 18.4. The van der Waals surface area contributed by atoms with E-state index < -0.39 is 0 Å². The highest BCUT2D eigenvalue weighted by Gasteiger charge is 2.12. The number of carbonyl (C=O) groups is 1. The van der Waals surface area contributed by atoms with Crippen molar-refractivity contribution >= 4 is 17.6 Å². The fraction of sp³-hybridized carbons (Fsp3) is 0.136. The Morgan fingerprint density at radius 1 is 0.923 bits per heavy atom. The molecule has 0 unspecified atom stereocenters. The molecule has 0 aliphatic rings. The molecule has 0 aromatic heterocycles. The minimum Gasteiger partial charge on any atom is -0.497 e. The molecule has 4 heteroatoms. The first-order valence-corrected chi connectivity index (χ1v) is 8.68. The highest BCUT2D eigenvalue weighted by atomic mass is 35.5. The van der Waals surface area contributed by atoms with Crippen LogP contribution in [0.2, 0.25) is 5.02 Å². The lowest BCUT2D eigenvalue weighted by Crippen LogP contribution is -2.12. The molecule has 0 fully saturated rings. The Bertz CT molecular complexity index is 874. The molecule has 0 aliphatic heterocycles. The third-order valence-corrected chi connectivity index (χ3v) is 4.23. The molecular formula is C22H19ClO3. The van der Waals surface area contributed by atoms with Crippen LogP contribution in [0.5, 0.6) is 11.5 Å². The molecule has 0 atom stereocenters. The number of carbonyl (C=O) groups excluding carboxylic acids is 1. The van der Waals surface area contributed by atoms with E-state index in [9.17, 15) is 4.79 Å². The largest absolute Gasteiger partial charge is 0.497 e. The zero-order valence-corrected chi connectivity index (χ0v) is 15.2. The Hall–Kier alpha value is -2.78. The van der Waals surface area contributed by atoms with Crippen molar-refractivity contribution in [3.8, 4) is 11.5 Å². The summed E-state index contributed by atoms with van der Waals surface area (Å²) in [6, 6.07) is 22.7. The predicted molar refractivity (Wildman–Crippen MR) is 103 cm³/mol. The van der Waals surface area contributed by atoms with E-state index in [1.165, 1.54) is 0 Å². The zero-order valence-electron chi connectivity index (χ0n) is 14.4. The predicted octanol–water partition coefficient (Wildman–Crippen LogP) is 5.09. The van der Waals surface area contributed by atoms with Crippen LogP contribution in [0.3, 0.4) is 0 Å². The highest BCUT2D eigenvalue weighted by Crippen LogP contribution is 2.26. The van der Waals surface area contributed by atoms with Gasteiger partial charge >= 0.3 is 5.97 Å². The molecule has 3 aromatic carbocycles. The molecular weight excluding hydrogens is 348 g/mol. The first-order chi connectivity index (χ1) is 12.6. The molecule has 132 valence electrons. The van der Waals surface area contributed by atoms with Crippen molar-refractivity contribution in [3.05, 3.63) is 94.5 Å². The average molecular weight is 367 g/mol. The van der Waals surface area contributed by atoms with Crippen LogP contribution in [0.4, 0.5) is 0 Å². The minimum absolute atomic E-state index is 0.192. The monoisotopic (exact) mass is 366 g/mol. The van der Waals surface area contributed by atoms with Crippen LogP contribution in [0.15, 0.2) is 72.8 Å². The molecule has 0 heterocycles. The Kier molecular flexibility index (Phi) is 5.92. The van der Waals surface area contributed by atoms with E-state index in [-0.39, 0.29) is 12.4 Å².